The predicted molar refractivity (Wildman–Crippen MR) is 143 cm³/mol. The molecule has 6 rings (SSSR count). The van der Waals surface area contributed by atoms with Crippen molar-refractivity contribution in [2.45, 2.75) is 37.9 Å². The smallest absolute Gasteiger partial charge is 0.202 e. The molecule has 2 bridgehead atoms. The van der Waals surface area contributed by atoms with Gasteiger partial charge in [-0.3, -0.25) is 14.5 Å². The molecule has 3 aliphatic rings. The van der Waals surface area contributed by atoms with Gasteiger partial charge in [0.25, 0.3) is 0 Å². The largest absolute Gasteiger partial charge is 0.507 e. The van der Waals surface area contributed by atoms with E-state index >= 15 is 0 Å². The van der Waals surface area contributed by atoms with E-state index in [-0.39, 0.29) is 52.3 Å². The molecule has 0 radical (unpaired) electrons. The van der Waals surface area contributed by atoms with Gasteiger partial charge in [-0.1, -0.05) is 23.4 Å². The highest BCUT2D eigenvalue weighted by atomic mass is 16.5. The lowest BCUT2D eigenvalue weighted by atomic mass is 9.76. The van der Waals surface area contributed by atoms with Gasteiger partial charge >= 0.3 is 0 Å². The van der Waals surface area contributed by atoms with Crippen LogP contribution in [0, 0.1) is 0 Å². The number of phenols is 2. The molecule has 40 heavy (non-hydrogen) atoms. The minimum absolute atomic E-state index is 0.0454. The van der Waals surface area contributed by atoms with Crippen molar-refractivity contribution < 1.29 is 39.2 Å². The first-order valence-electron chi connectivity index (χ1n) is 12.8. The SMILES string of the molecule is COc1ccc(CN2C3CC(=NO)C2(C)Cc2c(O)c4c(c(O)c23)C(=O)c2c(OC)cccc2C4=O)cc1OC. The summed E-state index contributed by atoms with van der Waals surface area (Å²) >= 11 is 0. The quantitative estimate of drug-likeness (QED) is 0.193. The molecular formula is C30H28N2O8. The number of phenolic OH excluding ortho intramolecular Hbond substituents is 2. The van der Waals surface area contributed by atoms with Gasteiger partial charge in [-0.15, -0.1) is 0 Å². The Morgan fingerprint density at radius 3 is 2.30 bits per heavy atom. The maximum Gasteiger partial charge on any atom is 0.202 e. The van der Waals surface area contributed by atoms with Crippen molar-refractivity contribution in [1.82, 2.24) is 4.90 Å². The van der Waals surface area contributed by atoms with Gasteiger partial charge in [0.15, 0.2) is 17.3 Å². The number of hydrogen-bond donors (Lipinski definition) is 3. The second-order valence-electron chi connectivity index (χ2n) is 10.4. The normalized spacial score (nSPS) is 22.1. The minimum Gasteiger partial charge on any atom is -0.507 e. The highest BCUT2D eigenvalue weighted by Crippen LogP contribution is 2.57. The summed E-state index contributed by atoms with van der Waals surface area (Å²) in [5.74, 6) is -0.535. The van der Waals surface area contributed by atoms with Crippen LogP contribution in [0.15, 0.2) is 41.6 Å². The second-order valence-corrected chi connectivity index (χ2v) is 10.4. The third kappa shape index (κ3) is 3.29. The van der Waals surface area contributed by atoms with Crippen molar-refractivity contribution >= 4 is 17.3 Å². The Morgan fingerprint density at radius 1 is 0.925 bits per heavy atom. The van der Waals surface area contributed by atoms with Crippen molar-refractivity contribution in [3.05, 3.63) is 75.3 Å². The van der Waals surface area contributed by atoms with Crippen LogP contribution in [0.25, 0.3) is 0 Å². The molecule has 2 unspecified atom stereocenters. The fourth-order valence-electron chi connectivity index (χ4n) is 6.59. The molecule has 3 N–H and O–H groups in total. The molecule has 10 heteroatoms. The van der Waals surface area contributed by atoms with Crippen LogP contribution in [0.5, 0.6) is 28.7 Å². The molecule has 10 nitrogen and oxygen atoms in total. The zero-order chi connectivity index (χ0) is 28.5. The third-order valence-electron chi connectivity index (χ3n) is 8.56. The Hall–Kier alpha value is -4.57. The van der Waals surface area contributed by atoms with E-state index in [0.29, 0.717) is 34.9 Å². The molecule has 0 spiro atoms. The Balaban J connectivity index is 1.53. The van der Waals surface area contributed by atoms with E-state index in [1.807, 2.05) is 19.1 Å². The molecule has 2 heterocycles. The molecule has 3 aromatic rings. The van der Waals surface area contributed by atoms with Crippen LogP contribution in [0.4, 0.5) is 0 Å². The van der Waals surface area contributed by atoms with Crippen molar-refractivity contribution in [3.63, 3.8) is 0 Å². The number of ketones is 2. The molecule has 3 aromatic carbocycles. The van der Waals surface area contributed by atoms with E-state index in [0.717, 1.165) is 5.56 Å². The Labute approximate surface area is 230 Å². The summed E-state index contributed by atoms with van der Waals surface area (Å²) in [7, 11) is 4.50. The number of carbonyl (C=O) groups excluding carboxylic acids is 2. The van der Waals surface area contributed by atoms with Gasteiger partial charge in [-0.05, 0) is 30.7 Å². The van der Waals surface area contributed by atoms with Crippen molar-refractivity contribution in [1.29, 1.82) is 0 Å². The predicted octanol–water partition coefficient (Wildman–Crippen LogP) is 3.99. The van der Waals surface area contributed by atoms with E-state index in [9.17, 15) is 25.0 Å². The van der Waals surface area contributed by atoms with Gasteiger partial charge in [0.05, 0.1) is 49.3 Å². The monoisotopic (exact) mass is 544 g/mol. The minimum atomic E-state index is -0.847. The van der Waals surface area contributed by atoms with Gasteiger partial charge in [0, 0.05) is 42.1 Å². The fraction of sp³-hybridized carbons (Fsp3) is 0.300. The van der Waals surface area contributed by atoms with Gasteiger partial charge in [-0.25, -0.2) is 0 Å². The summed E-state index contributed by atoms with van der Waals surface area (Å²) in [6.07, 6.45) is 0.395. The van der Waals surface area contributed by atoms with Gasteiger partial charge in [0.1, 0.15) is 17.2 Å². The van der Waals surface area contributed by atoms with Crippen LogP contribution in [0.2, 0.25) is 0 Å². The summed E-state index contributed by atoms with van der Waals surface area (Å²) in [6.45, 7) is 2.27. The zero-order valence-corrected chi connectivity index (χ0v) is 22.4. The summed E-state index contributed by atoms with van der Waals surface area (Å²) in [6, 6.07) is 9.66. The number of methoxy groups -OCH3 is 3. The molecule has 206 valence electrons. The lowest BCUT2D eigenvalue weighted by molar-refractivity contribution is 0.0961. The molecule has 1 saturated heterocycles. The van der Waals surface area contributed by atoms with E-state index in [2.05, 4.69) is 10.1 Å². The van der Waals surface area contributed by atoms with E-state index < -0.39 is 23.1 Å². The number of rotatable bonds is 5. The molecule has 0 aromatic heterocycles. The first-order valence-corrected chi connectivity index (χ1v) is 12.8. The van der Waals surface area contributed by atoms with Crippen LogP contribution in [-0.4, -0.2) is 64.5 Å². The lowest BCUT2D eigenvalue weighted by Gasteiger charge is -2.44. The summed E-state index contributed by atoms with van der Waals surface area (Å²) < 4.78 is 16.2. The highest BCUT2D eigenvalue weighted by Gasteiger charge is 2.56. The zero-order valence-electron chi connectivity index (χ0n) is 22.4. The number of hydrogen-bond acceptors (Lipinski definition) is 10. The summed E-state index contributed by atoms with van der Waals surface area (Å²) in [4.78, 5) is 29.5. The van der Waals surface area contributed by atoms with E-state index in [1.54, 1.807) is 32.4 Å². The summed E-state index contributed by atoms with van der Waals surface area (Å²) in [5, 5.41) is 36.8. The van der Waals surface area contributed by atoms with Gasteiger partial charge in [-0.2, -0.15) is 0 Å². The number of fused-ring (bicyclic) bond motifs is 6. The average Bonchev–Trinajstić information content (AvgIpc) is 3.13. The van der Waals surface area contributed by atoms with Crippen molar-refractivity contribution in [2.24, 2.45) is 5.16 Å². The molecule has 0 saturated carbocycles. The summed E-state index contributed by atoms with van der Waals surface area (Å²) in [5.41, 5.74) is 0.874. The number of aromatic hydroxyl groups is 2. The number of oxime groups is 1. The van der Waals surface area contributed by atoms with Crippen LogP contribution < -0.4 is 14.2 Å². The number of ether oxygens (including phenoxy) is 3. The van der Waals surface area contributed by atoms with Crippen LogP contribution in [0.1, 0.15) is 67.9 Å². The molecule has 2 aliphatic heterocycles. The number of benzene rings is 3. The first kappa shape index (κ1) is 25.7. The first-order chi connectivity index (χ1) is 19.2. The third-order valence-corrected chi connectivity index (χ3v) is 8.56. The second kappa shape index (κ2) is 8.99. The van der Waals surface area contributed by atoms with Crippen LogP contribution >= 0.6 is 0 Å². The topological polar surface area (TPSA) is 138 Å². The lowest BCUT2D eigenvalue weighted by Crippen LogP contribution is -2.50. The molecular weight excluding hydrogens is 516 g/mol. The van der Waals surface area contributed by atoms with E-state index in [4.69, 9.17) is 14.2 Å². The molecule has 0 amide bonds. The number of nitrogens with zero attached hydrogens (tertiary/aromatic N) is 2. The Morgan fingerprint density at radius 2 is 1.62 bits per heavy atom. The average molecular weight is 545 g/mol. The fourth-order valence-corrected chi connectivity index (χ4v) is 6.59. The standard InChI is InChI=1S/C30H28N2O8/c1-30-12-16-22(17(11-21(30)31-37)32(30)13-14-8-9-18(38-2)20(10-14)40-4)28(35)25-24(27(16)34)26(33)15-6-5-7-19(39-3)23(15)29(25)36/h5-10,17,34-35,37H,11-13H2,1-4H3. The van der Waals surface area contributed by atoms with Crippen LogP contribution in [-0.2, 0) is 13.0 Å². The maximum absolute atomic E-state index is 13.8. The Bertz CT molecular complexity index is 1650. The molecule has 2 atom stereocenters. The maximum atomic E-state index is 13.8. The van der Waals surface area contributed by atoms with Gasteiger partial charge < -0.3 is 29.6 Å². The van der Waals surface area contributed by atoms with Crippen molar-refractivity contribution in [3.8, 4) is 28.7 Å². The highest BCUT2D eigenvalue weighted by molar-refractivity contribution is 6.31. The number of carbonyl (C=O) groups is 2. The van der Waals surface area contributed by atoms with Crippen LogP contribution in [0.3, 0.4) is 0 Å². The van der Waals surface area contributed by atoms with Gasteiger partial charge in [0.2, 0.25) is 5.78 Å². The molecule has 1 fully saturated rings. The molecule has 1 aliphatic carbocycles. The van der Waals surface area contributed by atoms with Crippen molar-refractivity contribution in [2.75, 3.05) is 21.3 Å². The van der Waals surface area contributed by atoms with E-state index in [1.165, 1.54) is 13.2 Å². The Kier molecular flexibility index (Phi) is 5.77.